The summed E-state index contributed by atoms with van der Waals surface area (Å²) < 4.78 is 2.73. The molecule has 0 bridgehead atoms. The van der Waals surface area contributed by atoms with E-state index in [0.717, 1.165) is 36.0 Å². The number of aromatic nitrogens is 2. The van der Waals surface area contributed by atoms with Crippen LogP contribution in [0.3, 0.4) is 0 Å². The minimum atomic E-state index is -0.0115. The lowest BCUT2D eigenvalue weighted by atomic mass is 10.2. The molecular weight excluding hydrogens is 428 g/mol. The predicted molar refractivity (Wildman–Crippen MR) is 113 cm³/mol. The molecule has 126 valence electrons. The van der Waals surface area contributed by atoms with Crippen LogP contribution in [0.2, 0.25) is 0 Å². The molecule has 2 aromatic carbocycles. The average Bonchev–Trinajstić information content (AvgIpc) is 3.28. The fourth-order valence-electron chi connectivity index (χ4n) is 2.98. The molecule has 5 aromatic rings. The molecule has 0 saturated heterocycles. The number of fused-ring (bicyclic) bond motifs is 2. The highest BCUT2D eigenvalue weighted by molar-refractivity contribution is 9.10. The summed E-state index contributed by atoms with van der Waals surface area (Å²) in [5.41, 5.74) is 2.98. The first-order valence-electron chi connectivity index (χ1n) is 7.96. The molecule has 0 fully saturated rings. The quantitative estimate of drug-likeness (QED) is 0.335. The van der Waals surface area contributed by atoms with E-state index >= 15 is 0 Å². The summed E-state index contributed by atoms with van der Waals surface area (Å²) in [6, 6.07) is 20.0. The van der Waals surface area contributed by atoms with Gasteiger partial charge in [-0.05, 0) is 29.3 Å². The molecule has 0 amide bonds. The molecule has 3 aromatic heterocycles. The van der Waals surface area contributed by atoms with Gasteiger partial charge >= 0.3 is 0 Å². The van der Waals surface area contributed by atoms with E-state index in [1.54, 1.807) is 15.7 Å². The van der Waals surface area contributed by atoms with E-state index in [1.807, 2.05) is 53.9 Å². The van der Waals surface area contributed by atoms with Gasteiger partial charge in [0.15, 0.2) is 4.96 Å². The van der Waals surface area contributed by atoms with Gasteiger partial charge in [0.05, 0.1) is 11.1 Å². The van der Waals surface area contributed by atoms with Crippen molar-refractivity contribution in [1.82, 2.24) is 9.38 Å². The molecule has 0 N–H and O–H groups in total. The highest BCUT2D eigenvalue weighted by Crippen LogP contribution is 2.33. The Labute approximate surface area is 165 Å². The Morgan fingerprint density at radius 2 is 1.73 bits per heavy atom. The van der Waals surface area contributed by atoms with Crippen molar-refractivity contribution in [3.05, 3.63) is 80.9 Å². The van der Waals surface area contributed by atoms with E-state index in [-0.39, 0.29) is 5.56 Å². The normalized spacial score (nSPS) is 11.4. The molecule has 26 heavy (non-hydrogen) atoms. The number of thiazole rings is 1. The molecule has 0 unspecified atom stereocenters. The molecule has 3 heterocycles. The van der Waals surface area contributed by atoms with E-state index in [9.17, 15) is 4.79 Å². The van der Waals surface area contributed by atoms with Crippen LogP contribution in [-0.4, -0.2) is 9.38 Å². The molecule has 3 nitrogen and oxygen atoms in total. The van der Waals surface area contributed by atoms with E-state index in [0.29, 0.717) is 5.39 Å². The van der Waals surface area contributed by atoms with Gasteiger partial charge < -0.3 is 0 Å². The number of hydrogen-bond donors (Lipinski definition) is 0. The molecule has 0 spiro atoms. The number of hydrogen-bond acceptors (Lipinski definition) is 4. The summed E-state index contributed by atoms with van der Waals surface area (Å²) in [6.45, 7) is 0. The Morgan fingerprint density at radius 3 is 2.50 bits per heavy atom. The lowest BCUT2D eigenvalue weighted by Gasteiger charge is -2.02. The van der Waals surface area contributed by atoms with Crippen molar-refractivity contribution in [3.8, 4) is 21.7 Å². The largest absolute Gasteiger partial charge is 0.268 e. The maximum atomic E-state index is 13.2. The molecule has 0 saturated carbocycles. The zero-order chi connectivity index (χ0) is 17.7. The summed E-state index contributed by atoms with van der Waals surface area (Å²) in [6.07, 6.45) is 0. The number of halogens is 1. The first kappa shape index (κ1) is 15.9. The fourth-order valence-corrected chi connectivity index (χ4v) is 5.22. The number of nitrogens with zero attached hydrogens (tertiary/aromatic N) is 2. The number of thiophene rings is 1. The minimum absolute atomic E-state index is 0.0115. The Hall–Kier alpha value is -2.28. The summed E-state index contributed by atoms with van der Waals surface area (Å²) in [5.74, 6) is 0. The first-order chi connectivity index (χ1) is 12.7. The first-order valence-corrected chi connectivity index (χ1v) is 10.4. The van der Waals surface area contributed by atoms with E-state index < -0.39 is 0 Å². The minimum Gasteiger partial charge on any atom is -0.268 e. The number of rotatable bonds is 2. The van der Waals surface area contributed by atoms with Crippen LogP contribution in [0.4, 0.5) is 0 Å². The molecule has 5 rings (SSSR count). The summed E-state index contributed by atoms with van der Waals surface area (Å²) in [4.78, 5) is 20.5. The van der Waals surface area contributed by atoms with Gasteiger partial charge in [0, 0.05) is 14.7 Å². The van der Waals surface area contributed by atoms with E-state index in [4.69, 9.17) is 4.98 Å². The lowest BCUT2D eigenvalue weighted by Crippen LogP contribution is -2.13. The number of benzene rings is 2. The fraction of sp³-hybridized carbons (Fsp3) is 0. The monoisotopic (exact) mass is 438 g/mol. The van der Waals surface area contributed by atoms with Crippen LogP contribution < -0.4 is 5.56 Å². The van der Waals surface area contributed by atoms with Crippen molar-refractivity contribution in [1.29, 1.82) is 0 Å². The van der Waals surface area contributed by atoms with Crippen LogP contribution >= 0.6 is 38.6 Å². The SMILES string of the molecule is O=c1c2cc(-c3ccccc3)sc2nc2scc(-c3ccc(Br)cc3)n12. The molecule has 0 aliphatic rings. The van der Waals surface area contributed by atoms with Crippen LogP contribution in [0, 0.1) is 0 Å². The maximum Gasteiger partial charge on any atom is 0.267 e. The van der Waals surface area contributed by atoms with Crippen molar-refractivity contribution < 1.29 is 0 Å². The third-order valence-corrected chi connectivity index (χ3v) is 6.68. The maximum absolute atomic E-state index is 13.2. The lowest BCUT2D eigenvalue weighted by molar-refractivity contribution is 1.12. The van der Waals surface area contributed by atoms with Crippen LogP contribution in [0.5, 0.6) is 0 Å². The van der Waals surface area contributed by atoms with Gasteiger partial charge in [-0.2, -0.15) is 0 Å². The molecule has 0 aliphatic carbocycles. The van der Waals surface area contributed by atoms with Crippen molar-refractivity contribution >= 4 is 53.8 Å². The van der Waals surface area contributed by atoms with Gasteiger partial charge in [-0.25, -0.2) is 4.98 Å². The van der Waals surface area contributed by atoms with Crippen molar-refractivity contribution in [2.75, 3.05) is 0 Å². The molecule has 0 atom stereocenters. The highest BCUT2D eigenvalue weighted by Gasteiger charge is 2.15. The average molecular weight is 439 g/mol. The van der Waals surface area contributed by atoms with Crippen molar-refractivity contribution in [2.45, 2.75) is 0 Å². The topological polar surface area (TPSA) is 34.4 Å². The van der Waals surface area contributed by atoms with Crippen molar-refractivity contribution in [2.24, 2.45) is 0 Å². The molecule has 0 radical (unpaired) electrons. The highest BCUT2D eigenvalue weighted by atomic mass is 79.9. The van der Waals surface area contributed by atoms with E-state index in [1.165, 1.54) is 11.3 Å². The zero-order valence-corrected chi connectivity index (χ0v) is 16.6. The van der Waals surface area contributed by atoms with E-state index in [2.05, 4.69) is 28.1 Å². The van der Waals surface area contributed by atoms with Crippen LogP contribution in [0.25, 0.3) is 36.9 Å². The molecule has 6 heteroatoms. The zero-order valence-electron chi connectivity index (χ0n) is 13.3. The van der Waals surface area contributed by atoms with Crippen molar-refractivity contribution in [3.63, 3.8) is 0 Å². The smallest absolute Gasteiger partial charge is 0.267 e. The second-order valence-corrected chi connectivity index (χ2v) is 8.64. The predicted octanol–water partition coefficient (Wildman–Crippen LogP) is 6.07. The third kappa shape index (κ3) is 2.53. The summed E-state index contributed by atoms with van der Waals surface area (Å²) >= 11 is 6.51. The van der Waals surface area contributed by atoms with Gasteiger partial charge in [0.2, 0.25) is 0 Å². The summed E-state index contributed by atoms with van der Waals surface area (Å²) in [7, 11) is 0. The van der Waals surface area contributed by atoms with Gasteiger partial charge in [-0.3, -0.25) is 9.20 Å². The summed E-state index contributed by atoms with van der Waals surface area (Å²) in [5, 5.41) is 2.66. The molecule has 0 aliphatic heterocycles. The second-order valence-electron chi connectivity index (χ2n) is 5.86. The van der Waals surface area contributed by atoms with Crippen LogP contribution in [0.1, 0.15) is 0 Å². The second kappa shape index (κ2) is 6.16. The van der Waals surface area contributed by atoms with Crippen LogP contribution in [0.15, 0.2) is 75.3 Å². The van der Waals surface area contributed by atoms with Gasteiger partial charge in [0.1, 0.15) is 4.83 Å². The van der Waals surface area contributed by atoms with Gasteiger partial charge in [-0.15, -0.1) is 22.7 Å². The van der Waals surface area contributed by atoms with Gasteiger partial charge in [-0.1, -0.05) is 58.4 Å². The standard InChI is InChI=1S/C20H11BrN2OS2/c21-14-8-6-12(7-9-14)16-11-25-20-22-18-15(19(24)23(16)20)10-17(26-18)13-4-2-1-3-5-13/h1-11H. The Bertz CT molecular complexity index is 1300. The Balaban J connectivity index is 1.76. The third-order valence-electron chi connectivity index (χ3n) is 4.25. The Morgan fingerprint density at radius 1 is 0.962 bits per heavy atom. The Kier molecular flexibility index (Phi) is 3.77. The van der Waals surface area contributed by atoms with Gasteiger partial charge in [0.25, 0.3) is 5.56 Å². The molecular formula is C20H11BrN2OS2. The van der Waals surface area contributed by atoms with Crippen LogP contribution in [-0.2, 0) is 0 Å².